The van der Waals surface area contributed by atoms with Gasteiger partial charge in [-0.25, -0.2) is 0 Å². The molecule has 1 aliphatic carbocycles. The van der Waals surface area contributed by atoms with Crippen molar-refractivity contribution in [2.75, 3.05) is 4.90 Å². The molecule has 11 rings (SSSR count). The first kappa shape index (κ1) is 30.2. The van der Waals surface area contributed by atoms with Crippen LogP contribution in [0, 0.1) is 0 Å². The zero-order valence-electron chi connectivity index (χ0n) is 28.9. The number of thiophene rings is 1. The van der Waals surface area contributed by atoms with Crippen molar-refractivity contribution in [2.45, 2.75) is 5.41 Å². The highest BCUT2D eigenvalue weighted by atomic mass is 32.1. The van der Waals surface area contributed by atoms with Crippen LogP contribution in [-0.4, -0.2) is 0 Å². The lowest BCUT2D eigenvalue weighted by Crippen LogP contribution is -2.28. The fourth-order valence-corrected chi connectivity index (χ4v) is 10.2. The number of anilines is 3. The predicted molar refractivity (Wildman–Crippen MR) is 226 cm³/mol. The molecule has 9 aromatic carbocycles. The summed E-state index contributed by atoms with van der Waals surface area (Å²) in [5, 5.41) is 7.59. The van der Waals surface area contributed by atoms with Crippen molar-refractivity contribution in [2.24, 2.45) is 0 Å². The van der Waals surface area contributed by atoms with Crippen molar-refractivity contribution in [3.8, 4) is 11.1 Å². The summed E-state index contributed by atoms with van der Waals surface area (Å²) in [6.07, 6.45) is 0. The van der Waals surface area contributed by atoms with E-state index in [0.29, 0.717) is 0 Å². The number of hydrogen-bond acceptors (Lipinski definition) is 2. The summed E-state index contributed by atoms with van der Waals surface area (Å²) < 4.78 is 2.70. The van der Waals surface area contributed by atoms with E-state index in [0.717, 1.165) is 17.1 Å². The van der Waals surface area contributed by atoms with Crippen LogP contribution in [-0.2, 0) is 5.41 Å². The summed E-state index contributed by atoms with van der Waals surface area (Å²) in [5.74, 6) is 0. The average Bonchev–Trinajstić information content (AvgIpc) is 3.76. The first-order valence-corrected chi connectivity index (χ1v) is 19.1. The van der Waals surface area contributed by atoms with Gasteiger partial charge in [0.15, 0.2) is 0 Å². The normalized spacial score (nSPS) is 14.9. The first-order chi connectivity index (χ1) is 26.3. The van der Waals surface area contributed by atoms with E-state index in [1.807, 2.05) is 11.3 Å². The maximum atomic E-state index is 2.41. The molecule has 53 heavy (non-hydrogen) atoms. The number of hydrogen-bond donors (Lipinski definition) is 0. The van der Waals surface area contributed by atoms with Gasteiger partial charge in [0.2, 0.25) is 0 Å². The Labute approximate surface area is 312 Å². The Morgan fingerprint density at radius 2 is 0.943 bits per heavy atom. The molecule has 1 aliphatic rings. The Kier molecular flexibility index (Phi) is 6.71. The van der Waals surface area contributed by atoms with Gasteiger partial charge in [-0.2, -0.15) is 0 Å². The van der Waals surface area contributed by atoms with Crippen LogP contribution in [0.5, 0.6) is 0 Å². The van der Waals surface area contributed by atoms with Crippen molar-refractivity contribution in [3.63, 3.8) is 0 Å². The summed E-state index contributed by atoms with van der Waals surface area (Å²) in [5.41, 5.74) is 10.8. The summed E-state index contributed by atoms with van der Waals surface area (Å²) >= 11 is 1.92. The Hall–Kier alpha value is -6.48. The van der Waals surface area contributed by atoms with Crippen molar-refractivity contribution in [1.82, 2.24) is 0 Å². The minimum Gasteiger partial charge on any atom is -0.310 e. The smallest absolute Gasteiger partial charge is 0.0714 e. The summed E-state index contributed by atoms with van der Waals surface area (Å²) in [6.45, 7) is 0. The lowest BCUT2D eigenvalue weighted by atomic mass is 9.67. The number of nitrogens with zero attached hydrogens (tertiary/aromatic N) is 1. The van der Waals surface area contributed by atoms with Crippen molar-refractivity contribution >= 4 is 70.1 Å². The van der Waals surface area contributed by atoms with Gasteiger partial charge in [-0.1, -0.05) is 158 Å². The van der Waals surface area contributed by atoms with Gasteiger partial charge in [-0.15, -0.1) is 11.3 Å². The second-order valence-corrected chi connectivity index (χ2v) is 15.1. The highest BCUT2D eigenvalue weighted by molar-refractivity contribution is 7.26. The molecule has 1 atom stereocenters. The van der Waals surface area contributed by atoms with Gasteiger partial charge in [-0.3, -0.25) is 0 Å². The average molecular weight is 692 g/mol. The largest absolute Gasteiger partial charge is 0.310 e. The van der Waals surface area contributed by atoms with Crippen LogP contribution in [0.2, 0.25) is 0 Å². The monoisotopic (exact) mass is 691 g/mol. The van der Waals surface area contributed by atoms with E-state index in [9.17, 15) is 0 Å². The molecule has 0 radical (unpaired) electrons. The van der Waals surface area contributed by atoms with E-state index in [1.165, 1.54) is 75.1 Å². The maximum absolute atomic E-state index is 2.41. The maximum Gasteiger partial charge on any atom is 0.0714 e. The molecular weight excluding hydrogens is 659 g/mol. The van der Waals surface area contributed by atoms with Crippen LogP contribution >= 0.6 is 11.3 Å². The van der Waals surface area contributed by atoms with E-state index >= 15 is 0 Å². The van der Waals surface area contributed by atoms with Crippen LogP contribution < -0.4 is 4.90 Å². The molecule has 0 fully saturated rings. The third kappa shape index (κ3) is 4.49. The lowest BCUT2D eigenvalue weighted by molar-refractivity contribution is 0.769. The minimum atomic E-state index is -0.479. The lowest BCUT2D eigenvalue weighted by Gasteiger charge is -2.34. The van der Waals surface area contributed by atoms with Crippen LogP contribution in [0.3, 0.4) is 0 Å². The second-order valence-electron chi connectivity index (χ2n) is 14.1. The second kappa shape index (κ2) is 11.8. The van der Waals surface area contributed by atoms with Crippen LogP contribution in [0.4, 0.5) is 17.1 Å². The predicted octanol–water partition coefficient (Wildman–Crippen LogP) is 14.2. The molecule has 0 bridgehead atoms. The van der Waals surface area contributed by atoms with Gasteiger partial charge in [0.1, 0.15) is 0 Å². The zero-order chi connectivity index (χ0) is 34.9. The third-order valence-electron chi connectivity index (χ3n) is 11.3. The molecule has 0 spiro atoms. The highest BCUT2D eigenvalue weighted by Crippen LogP contribution is 2.59. The molecule has 0 N–H and O–H groups in total. The number of rotatable bonds is 5. The summed E-state index contributed by atoms with van der Waals surface area (Å²) in [6, 6.07) is 74.0. The molecule has 2 heteroatoms. The molecule has 1 unspecified atom stereocenters. The third-order valence-corrected chi connectivity index (χ3v) is 12.5. The molecule has 1 aromatic heterocycles. The van der Waals surface area contributed by atoms with E-state index in [-0.39, 0.29) is 0 Å². The Morgan fingerprint density at radius 1 is 0.377 bits per heavy atom. The van der Waals surface area contributed by atoms with Gasteiger partial charge in [0.25, 0.3) is 0 Å². The van der Waals surface area contributed by atoms with E-state index in [4.69, 9.17) is 0 Å². The standard InChI is InChI=1S/C51H33NS/c1-2-16-38(17-3-1)51(46-20-10-8-19-45(46)49-47(51)31-30-44-43-18-9-11-21-48(43)53-50(44)49)39-24-28-40(29-25-39)52(41-26-22-34-12-4-6-14-36(34)32-41)42-27-23-35-13-5-7-15-37(35)33-42/h1-33H. The minimum absolute atomic E-state index is 0.479. The van der Waals surface area contributed by atoms with Gasteiger partial charge >= 0.3 is 0 Å². The quantitative estimate of drug-likeness (QED) is 0.174. The Bertz CT molecular complexity index is 2930. The Morgan fingerprint density at radius 3 is 1.66 bits per heavy atom. The van der Waals surface area contributed by atoms with Crippen molar-refractivity contribution in [3.05, 3.63) is 222 Å². The molecule has 0 saturated heterocycles. The van der Waals surface area contributed by atoms with Crippen LogP contribution in [0.15, 0.2) is 200 Å². The molecule has 1 heterocycles. The van der Waals surface area contributed by atoms with E-state index < -0.39 is 5.41 Å². The van der Waals surface area contributed by atoms with Crippen LogP contribution in [0.25, 0.3) is 52.8 Å². The van der Waals surface area contributed by atoms with Crippen molar-refractivity contribution in [1.29, 1.82) is 0 Å². The molecule has 0 aliphatic heterocycles. The van der Waals surface area contributed by atoms with Gasteiger partial charge in [0.05, 0.1) is 5.41 Å². The van der Waals surface area contributed by atoms with Gasteiger partial charge in [-0.05, 0) is 91.8 Å². The topological polar surface area (TPSA) is 3.24 Å². The number of fused-ring (bicyclic) bond motifs is 9. The highest BCUT2D eigenvalue weighted by Gasteiger charge is 2.47. The SMILES string of the molecule is c1ccc(C2(c3ccc(N(c4ccc5ccccc5c4)c4ccc5ccccc5c4)cc3)c3ccccc3-c3c2ccc2c3sc3ccccc32)cc1. The molecule has 1 nitrogen and oxygen atoms in total. The molecule has 0 amide bonds. The van der Waals surface area contributed by atoms with Crippen molar-refractivity contribution < 1.29 is 0 Å². The van der Waals surface area contributed by atoms with Crippen LogP contribution in [0.1, 0.15) is 22.3 Å². The fourth-order valence-electron chi connectivity index (χ4n) is 8.96. The summed E-state index contributed by atoms with van der Waals surface area (Å²) in [4.78, 5) is 2.40. The fraction of sp³-hybridized carbons (Fsp3) is 0.0196. The first-order valence-electron chi connectivity index (χ1n) is 18.3. The van der Waals surface area contributed by atoms with E-state index in [2.05, 4.69) is 205 Å². The summed E-state index contributed by atoms with van der Waals surface area (Å²) in [7, 11) is 0. The zero-order valence-corrected chi connectivity index (χ0v) is 29.7. The van der Waals surface area contributed by atoms with Gasteiger partial charge < -0.3 is 4.90 Å². The Balaban J connectivity index is 1.14. The van der Waals surface area contributed by atoms with E-state index in [1.54, 1.807) is 0 Å². The molecule has 248 valence electrons. The molecular formula is C51H33NS. The van der Waals surface area contributed by atoms with Gasteiger partial charge in [0, 0.05) is 42.8 Å². The molecule has 10 aromatic rings. The molecule has 0 saturated carbocycles. The number of benzene rings is 9.